The first kappa shape index (κ1) is 15.5. The monoisotopic (exact) mass is 328 g/mol. The van der Waals surface area contributed by atoms with Crippen LogP contribution in [0.2, 0.25) is 0 Å². The molecule has 2 fully saturated rings. The van der Waals surface area contributed by atoms with Crippen molar-refractivity contribution in [3.8, 4) is 5.82 Å². The second-order valence-electron chi connectivity index (χ2n) is 6.57. The highest BCUT2D eigenvalue weighted by molar-refractivity contribution is 5.41. The van der Waals surface area contributed by atoms with Crippen LogP contribution >= 0.6 is 0 Å². The lowest BCUT2D eigenvalue weighted by atomic mass is 10.0. The van der Waals surface area contributed by atoms with E-state index in [1.54, 1.807) is 17.1 Å². The fraction of sp³-hybridized carbons (Fsp3) is 0.588. The van der Waals surface area contributed by atoms with Crippen molar-refractivity contribution in [3.05, 3.63) is 30.9 Å². The van der Waals surface area contributed by atoms with Crippen LogP contribution < -0.4 is 4.90 Å². The lowest BCUT2D eigenvalue weighted by Gasteiger charge is -2.44. The molecule has 4 rings (SSSR count). The first-order valence-corrected chi connectivity index (χ1v) is 8.72. The van der Waals surface area contributed by atoms with Gasteiger partial charge in [0.2, 0.25) is 0 Å². The summed E-state index contributed by atoms with van der Waals surface area (Å²) in [6.45, 7) is 7.19. The lowest BCUT2D eigenvalue weighted by Crippen LogP contribution is -2.56. The van der Waals surface area contributed by atoms with Gasteiger partial charge in [-0.25, -0.2) is 9.67 Å². The van der Waals surface area contributed by atoms with Gasteiger partial charge >= 0.3 is 0 Å². The van der Waals surface area contributed by atoms with E-state index in [-0.39, 0.29) is 0 Å². The van der Waals surface area contributed by atoms with Crippen molar-refractivity contribution in [2.75, 3.05) is 37.7 Å². The van der Waals surface area contributed by atoms with E-state index in [2.05, 4.69) is 26.8 Å². The van der Waals surface area contributed by atoms with Crippen LogP contribution in [0.4, 0.5) is 5.82 Å². The van der Waals surface area contributed by atoms with Crippen LogP contribution in [0, 0.1) is 0 Å². The molecule has 2 aromatic rings. The van der Waals surface area contributed by atoms with Gasteiger partial charge < -0.3 is 9.64 Å². The zero-order valence-electron chi connectivity index (χ0n) is 14.1. The molecule has 2 aromatic heterocycles. The van der Waals surface area contributed by atoms with E-state index in [4.69, 9.17) is 9.72 Å². The molecule has 0 aromatic carbocycles. The van der Waals surface area contributed by atoms with E-state index in [0.29, 0.717) is 12.1 Å². The molecule has 0 saturated carbocycles. The van der Waals surface area contributed by atoms with Gasteiger partial charge in [-0.15, -0.1) is 0 Å². The van der Waals surface area contributed by atoms with Crippen LogP contribution in [0.1, 0.15) is 19.8 Å². The molecule has 0 radical (unpaired) electrons. The third kappa shape index (κ3) is 3.14. The Morgan fingerprint density at radius 2 is 1.96 bits per heavy atom. The molecule has 7 heteroatoms. The van der Waals surface area contributed by atoms with Gasteiger partial charge in [-0.2, -0.15) is 5.10 Å². The van der Waals surface area contributed by atoms with Crippen molar-refractivity contribution < 1.29 is 4.74 Å². The van der Waals surface area contributed by atoms with E-state index in [1.165, 1.54) is 0 Å². The molecule has 128 valence electrons. The van der Waals surface area contributed by atoms with E-state index >= 15 is 0 Å². The second-order valence-corrected chi connectivity index (χ2v) is 6.57. The molecule has 0 bridgehead atoms. The van der Waals surface area contributed by atoms with Crippen LogP contribution in [-0.2, 0) is 4.74 Å². The molecule has 0 aliphatic carbocycles. The van der Waals surface area contributed by atoms with Crippen LogP contribution in [0.25, 0.3) is 5.82 Å². The predicted octanol–water partition coefficient (Wildman–Crippen LogP) is 1.35. The zero-order chi connectivity index (χ0) is 16.4. The number of hydrogen-bond acceptors (Lipinski definition) is 6. The minimum atomic E-state index is 0.420. The summed E-state index contributed by atoms with van der Waals surface area (Å²) in [5.74, 6) is 1.69. The fourth-order valence-corrected chi connectivity index (χ4v) is 3.71. The van der Waals surface area contributed by atoms with Crippen molar-refractivity contribution in [1.82, 2.24) is 24.6 Å². The Hall–Kier alpha value is -1.99. The van der Waals surface area contributed by atoms with Gasteiger partial charge in [0.25, 0.3) is 0 Å². The molecule has 24 heavy (non-hydrogen) atoms. The molecular formula is C17H24N6O. The summed E-state index contributed by atoms with van der Waals surface area (Å²) in [6, 6.07) is 2.98. The fourth-order valence-electron chi connectivity index (χ4n) is 3.71. The highest BCUT2D eigenvalue weighted by Gasteiger charge is 2.30. The highest BCUT2D eigenvalue weighted by atomic mass is 16.5. The molecular weight excluding hydrogens is 304 g/mol. The molecule has 7 nitrogen and oxygen atoms in total. The normalized spacial score (nSPS) is 23.5. The van der Waals surface area contributed by atoms with Crippen LogP contribution in [0.15, 0.2) is 30.9 Å². The Morgan fingerprint density at radius 3 is 2.71 bits per heavy atom. The molecule has 0 unspecified atom stereocenters. The maximum Gasteiger partial charge on any atom is 0.173 e. The van der Waals surface area contributed by atoms with Crippen molar-refractivity contribution in [2.45, 2.75) is 31.8 Å². The first-order valence-electron chi connectivity index (χ1n) is 8.72. The molecule has 2 saturated heterocycles. The second kappa shape index (κ2) is 6.86. The quantitative estimate of drug-likeness (QED) is 0.848. The van der Waals surface area contributed by atoms with Crippen molar-refractivity contribution in [2.24, 2.45) is 0 Å². The van der Waals surface area contributed by atoms with Crippen LogP contribution in [-0.4, -0.2) is 69.6 Å². The summed E-state index contributed by atoms with van der Waals surface area (Å²) < 4.78 is 7.24. The van der Waals surface area contributed by atoms with Crippen molar-refractivity contribution in [3.63, 3.8) is 0 Å². The molecule has 1 atom stereocenters. The number of hydrogen-bond donors (Lipinski definition) is 0. The SMILES string of the molecule is C[C@@H]1CN(C2CCOCC2)CCN1c1cncc(-n2cccn2)n1. The van der Waals surface area contributed by atoms with Gasteiger partial charge in [-0.05, 0) is 25.8 Å². The summed E-state index contributed by atoms with van der Waals surface area (Å²) in [7, 11) is 0. The molecule has 0 amide bonds. The highest BCUT2D eigenvalue weighted by Crippen LogP contribution is 2.23. The summed E-state index contributed by atoms with van der Waals surface area (Å²) in [5, 5.41) is 4.24. The molecule has 2 aliphatic rings. The molecule has 4 heterocycles. The average Bonchev–Trinajstić information content (AvgIpc) is 3.17. The number of anilines is 1. The number of aromatic nitrogens is 4. The Morgan fingerprint density at radius 1 is 1.12 bits per heavy atom. The summed E-state index contributed by atoms with van der Waals surface area (Å²) >= 11 is 0. The van der Waals surface area contributed by atoms with Gasteiger partial charge in [0.15, 0.2) is 5.82 Å². The number of ether oxygens (including phenoxy) is 1. The van der Waals surface area contributed by atoms with Crippen LogP contribution in [0.5, 0.6) is 0 Å². The van der Waals surface area contributed by atoms with E-state index < -0.39 is 0 Å². The summed E-state index contributed by atoms with van der Waals surface area (Å²) in [6.07, 6.45) is 9.56. The smallest absolute Gasteiger partial charge is 0.173 e. The maximum absolute atomic E-state index is 5.49. The first-order chi connectivity index (χ1) is 11.8. The summed E-state index contributed by atoms with van der Waals surface area (Å²) in [5.41, 5.74) is 0. The van der Waals surface area contributed by atoms with Gasteiger partial charge in [-0.1, -0.05) is 0 Å². The predicted molar refractivity (Wildman–Crippen MR) is 91.4 cm³/mol. The van der Waals surface area contributed by atoms with Crippen molar-refractivity contribution >= 4 is 5.82 Å². The minimum absolute atomic E-state index is 0.420. The Labute approximate surface area is 142 Å². The van der Waals surface area contributed by atoms with Crippen molar-refractivity contribution in [1.29, 1.82) is 0 Å². The maximum atomic E-state index is 5.49. The van der Waals surface area contributed by atoms with Crippen LogP contribution in [0.3, 0.4) is 0 Å². The Balaban J connectivity index is 1.46. The topological polar surface area (TPSA) is 59.3 Å². The van der Waals surface area contributed by atoms with E-state index in [0.717, 1.165) is 57.3 Å². The van der Waals surface area contributed by atoms with Gasteiger partial charge in [0.1, 0.15) is 5.82 Å². The van der Waals surface area contributed by atoms with E-state index in [9.17, 15) is 0 Å². The van der Waals surface area contributed by atoms with E-state index in [1.807, 2.05) is 18.5 Å². The number of rotatable bonds is 3. The Kier molecular flexibility index (Phi) is 4.44. The lowest BCUT2D eigenvalue weighted by molar-refractivity contribution is 0.0279. The Bertz CT molecular complexity index is 655. The molecule has 0 N–H and O–H groups in total. The average molecular weight is 328 g/mol. The van der Waals surface area contributed by atoms with Gasteiger partial charge in [0.05, 0.1) is 12.4 Å². The third-order valence-electron chi connectivity index (χ3n) is 5.01. The number of piperazine rings is 1. The van der Waals surface area contributed by atoms with Gasteiger partial charge in [0, 0.05) is 57.3 Å². The molecule has 2 aliphatic heterocycles. The third-order valence-corrected chi connectivity index (χ3v) is 5.01. The molecule has 0 spiro atoms. The minimum Gasteiger partial charge on any atom is -0.381 e. The standard InChI is InChI=1S/C17H24N6O/c1-14-13-21(15-3-9-24-10-4-15)7-8-22(14)16-11-18-12-17(20-16)23-6-2-5-19-23/h2,5-6,11-12,14-15H,3-4,7-10,13H2,1H3/t14-/m1/s1. The number of nitrogens with zero attached hydrogens (tertiary/aromatic N) is 6. The zero-order valence-corrected chi connectivity index (χ0v) is 14.1. The largest absolute Gasteiger partial charge is 0.381 e. The summed E-state index contributed by atoms with van der Waals surface area (Å²) in [4.78, 5) is 14.1. The van der Waals surface area contributed by atoms with Gasteiger partial charge in [-0.3, -0.25) is 9.88 Å².